The van der Waals surface area contributed by atoms with Gasteiger partial charge in [-0.1, -0.05) is 48.0 Å². The summed E-state index contributed by atoms with van der Waals surface area (Å²) >= 11 is 0. The maximum absolute atomic E-state index is 13.4. The van der Waals surface area contributed by atoms with E-state index in [2.05, 4.69) is 48.3 Å². The highest BCUT2D eigenvalue weighted by atomic mass is 19.1. The first-order valence-electron chi connectivity index (χ1n) is 9.84. The fourth-order valence-corrected chi connectivity index (χ4v) is 4.31. The number of aryl methyl sites for hydroxylation is 1. The van der Waals surface area contributed by atoms with E-state index in [9.17, 15) is 9.18 Å². The number of carbonyl (C=O) groups excluding carboxylic acids is 1. The molecule has 0 saturated carbocycles. The van der Waals surface area contributed by atoms with Crippen LogP contribution < -0.4 is 0 Å². The predicted octanol–water partition coefficient (Wildman–Crippen LogP) is 5.40. The number of benzene rings is 3. The van der Waals surface area contributed by atoms with E-state index in [-0.39, 0.29) is 17.8 Å². The van der Waals surface area contributed by atoms with Crippen LogP contribution in [-0.4, -0.2) is 22.3 Å². The number of rotatable bonds is 2. The molecule has 0 fully saturated rings. The topological polar surface area (TPSA) is 36.1 Å². The van der Waals surface area contributed by atoms with Crippen molar-refractivity contribution in [3.63, 3.8) is 0 Å². The number of aromatic nitrogens is 1. The Bertz CT molecular complexity index is 1190. The first-order valence-corrected chi connectivity index (χ1v) is 9.84. The van der Waals surface area contributed by atoms with Gasteiger partial charge in [-0.05, 0) is 54.8 Å². The summed E-state index contributed by atoms with van der Waals surface area (Å²) in [5, 5.41) is 1.22. The molecule has 4 aromatic rings. The van der Waals surface area contributed by atoms with Crippen LogP contribution in [0.3, 0.4) is 0 Å². The summed E-state index contributed by atoms with van der Waals surface area (Å²) in [6, 6.07) is 22.2. The molecule has 3 nitrogen and oxygen atoms in total. The van der Waals surface area contributed by atoms with E-state index in [0.717, 1.165) is 23.2 Å². The quantitative estimate of drug-likeness (QED) is 0.493. The van der Waals surface area contributed by atoms with Crippen LogP contribution in [0.25, 0.3) is 10.9 Å². The Morgan fingerprint density at radius 3 is 2.48 bits per heavy atom. The number of para-hydroxylation sites is 1. The van der Waals surface area contributed by atoms with E-state index in [1.54, 1.807) is 12.1 Å². The Kier molecular flexibility index (Phi) is 4.20. The molecule has 1 atom stereocenters. The zero-order valence-corrected chi connectivity index (χ0v) is 16.2. The summed E-state index contributed by atoms with van der Waals surface area (Å²) < 4.78 is 13.4. The number of amides is 1. The van der Waals surface area contributed by atoms with Crippen LogP contribution in [0.4, 0.5) is 4.39 Å². The lowest BCUT2D eigenvalue weighted by atomic mass is 9.91. The predicted molar refractivity (Wildman–Crippen MR) is 112 cm³/mol. The minimum Gasteiger partial charge on any atom is -0.356 e. The van der Waals surface area contributed by atoms with Crippen LogP contribution in [0.5, 0.6) is 0 Å². The van der Waals surface area contributed by atoms with Crippen molar-refractivity contribution < 1.29 is 9.18 Å². The lowest BCUT2D eigenvalue weighted by Gasteiger charge is -2.36. The van der Waals surface area contributed by atoms with E-state index >= 15 is 0 Å². The van der Waals surface area contributed by atoms with Gasteiger partial charge >= 0.3 is 0 Å². The van der Waals surface area contributed by atoms with Gasteiger partial charge in [0.25, 0.3) is 5.91 Å². The SMILES string of the molecule is Cc1ccc([C@@H]2c3[nH]c4ccccc4c3CCN2C(=O)c2ccc(F)cc2)cc1. The molecule has 0 unspecified atom stereocenters. The van der Waals surface area contributed by atoms with Crippen LogP contribution in [0.2, 0.25) is 0 Å². The molecule has 0 aliphatic carbocycles. The van der Waals surface area contributed by atoms with E-state index in [1.165, 1.54) is 28.6 Å². The van der Waals surface area contributed by atoms with Gasteiger partial charge in [0.2, 0.25) is 0 Å². The van der Waals surface area contributed by atoms with Crippen molar-refractivity contribution in [2.75, 3.05) is 6.54 Å². The Balaban J connectivity index is 1.65. The molecule has 144 valence electrons. The Morgan fingerprint density at radius 1 is 1.00 bits per heavy atom. The van der Waals surface area contributed by atoms with Gasteiger partial charge in [0.1, 0.15) is 5.82 Å². The summed E-state index contributed by atoms with van der Waals surface area (Å²) in [5.74, 6) is -0.423. The molecule has 2 heterocycles. The second kappa shape index (κ2) is 6.89. The number of aromatic amines is 1. The molecule has 1 amide bonds. The highest BCUT2D eigenvalue weighted by Crippen LogP contribution is 2.39. The largest absolute Gasteiger partial charge is 0.356 e. The van der Waals surface area contributed by atoms with Gasteiger partial charge in [-0.15, -0.1) is 0 Å². The first-order chi connectivity index (χ1) is 14.1. The van der Waals surface area contributed by atoms with Crippen LogP contribution in [-0.2, 0) is 6.42 Å². The molecule has 1 aliphatic rings. The summed E-state index contributed by atoms with van der Waals surface area (Å²) in [5.41, 5.74) is 6.18. The molecule has 1 N–H and O–H groups in total. The highest BCUT2D eigenvalue weighted by molar-refractivity contribution is 5.95. The van der Waals surface area contributed by atoms with Crippen LogP contribution in [0.15, 0.2) is 72.8 Å². The van der Waals surface area contributed by atoms with Gasteiger partial charge in [0.05, 0.1) is 6.04 Å². The van der Waals surface area contributed by atoms with Gasteiger partial charge in [0, 0.05) is 28.7 Å². The lowest BCUT2D eigenvalue weighted by molar-refractivity contribution is 0.0692. The molecule has 0 spiro atoms. The van der Waals surface area contributed by atoms with Crippen molar-refractivity contribution >= 4 is 16.8 Å². The van der Waals surface area contributed by atoms with E-state index < -0.39 is 0 Å². The average Bonchev–Trinajstić information content (AvgIpc) is 3.12. The summed E-state index contributed by atoms with van der Waals surface area (Å²) in [7, 11) is 0. The third-order valence-electron chi connectivity index (χ3n) is 5.78. The second-order valence-corrected chi connectivity index (χ2v) is 7.63. The summed E-state index contributed by atoms with van der Waals surface area (Å²) in [6.07, 6.45) is 0.786. The zero-order valence-electron chi connectivity index (χ0n) is 16.2. The maximum atomic E-state index is 13.4. The highest BCUT2D eigenvalue weighted by Gasteiger charge is 2.34. The van der Waals surface area contributed by atoms with Crippen molar-refractivity contribution in [1.82, 2.24) is 9.88 Å². The molecule has 0 saturated heterocycles. The maximum Gasteiger partial charge on any atom is 0.254 e. The fraction of sp³-hybridized carbons (Fsp3) is 0.160. The molecule has 4 heteroatoms. The first kappa shape index (κ1) is 17.7. The minimum absolute atomic E-state index is 0.0834. The number of fused-ring (bicyclic) bond motifs is 3. The van der Waals surface area contributed by atoms with Gasteiger partial charge in [-0.2, -0.15) is 0 Å². The Labute approximate surface area is 168 Å². The number of nitrogens with zero attached hydrogens (tertiary/aromatic N) is 1. The van der Waals surface area contributed by atoms with Crippen LogP contribution in [0.1, 0.15) is 38.8 Å². The Morgan fingerprint density at radius 2 is 1.72 bits per heavy atom. The third kappa shape index (κ3) is 3.01. The monoisotopic (exact) mass is 384 g/mol. The number of H-pyrrole nitrogens is 1. The molecule has 29 heavy (non-hydrogen) atoms. The van der Waals surface area contributed by atoms with Gasteiger partial charge in [-0.3, -0.25) is 4.79 Å². The lowest BCUT2D eigenvalue weighted by Crippen LogP contribution is -2.40. The van der Waals surface area contributed by atoms with Crippen molar-refractivity contribution in [2.45, 2.75) is 19.4 Å². The molecule has 0 radical (unpaired) electrons. The van der Waals surface area contributed by atoms with E-state index in [4.69, 9.17) is 0 Å². The zero-order chi connectivity index (χ0) is 20.0. The van der Waals surface area contributed by atoms with Crippen molar-refractivity contribution in [2.24, 2.45) is 0 Å². The normalized spacial score (nSPS) is 16.1. The Hall–Kier alpha value is -3.40. The van der Waals surface area contributed by atoms with E-state index in [0.29, 0.717) is 12.1 Å². The van der Waals surface area contributed by atoms with Gasteiger partial charge in [-0.25, -0.2) is 4.39 Å². The molecular weight excluding hydrogens is 363 g/mol. The van der Waals surface area contributed by atoms with E-state index in [1.807, 2.05) is 17.0 Å². The molecular formula is C25H21FN2O. The van der Waals surface area contributed by atoms with Crippen LogP contribution >= 0.6 is 0 Å². The molecule has 5 rings (SSSR count). The van der Waals surface area contributed by atoms with Crippen molar-refractivity contribution in [1.29, 1.82) is 0 Å². The minimum atomic E-state index is -0.340. The molecule has 1 aliphatic heterocycles. The number of nitrogens with one attached hydrogen (secondary N) is 1. The van der Waals surface area contributed by atoms with Crippen molar-refractivity contribution in [3.8, 4) is 0 Å². The number of hydrogen-bond donors (Lipinski definition) is 1. The van der Waals surface area contributed by atoms with Gasteiger partial charge in [0.15, 0.2) is 0 Å². The number of halogens is 1. The smallest absolute Gasteiger partial charge is 0.254 e. The summed E-state index contributed by atoms with van der Waals surface area (Å²) in [6.45, 7) is 2.67. The second-order valence-electron chi connectivity index (χ2n) is 7.63. The van der Waals surface area contributed by atoms with Crippen molar-refractivity contribution in [3.05, 3.63) is 107 Å². The summed E-state index contributed by atoms with van der Waals surface area (Å²) in [4.78, 5) is 18.8. The molecule has 0 bridgehead atoms. The number of carbonyl (C=O) groups is 1. The standard InChI is InChI=1S/C25H21FN2O/c1-16-6-8-17(9-7-16)24-23-21(20-4-2-3-5-22(20)27-23)14-15-28(24)25(29)18-10-12-19(26)13-11-18/h2-13,24,27H,14-15H2,1H3/t24-/m1/s1. The molecule has 3 aromatic carbocycles. The van der Waals surface area contributed by atoms with Crippen LogP contribution in [0, 0.1) is 12.7 Å². The molecule has 1 aromatic heterocycles. The fourth-order valence-electron chi connectivity index (χ4n) is 4.31. The number of hydrogen-bond acceptors (Lipinski definition) is 1. The third-order valence-corrected chi connectivity index (χ3v) is 5.78. The van der Waals surface area contributed by atoms with Gasteiger partial charge < -0.3 is 9.88 Å². The average molecular weight is 384 g/mol.